The van der Waals surface area contributed by atoms with E-state index in [-0.39, 0.29) is 0 Å². The molecule has 2 N–H and O–H groups in total. The van der Waals surface area contributed by atoms with Gasteiger partial charge in [0, 0.05) is 25.4 Å². The summed E-state index contributed by atoms with van der Waals surface area (Å²) in [6.45, 7) is 2.68. The first-order chi connectivity index (χ1) is 8.28. The van der Waals surface area contributed by atoms with Gasteiger partial charge in [0.15, 0.2) is 0 Å². The SMILES string of the molecule is CNc1cc(C)nc(NCc2ccccc2)n1. The zero-order valence-electron chi connectivity index (χ0n) is 10.1. The van der Waals surface area contributed by atoms with Gasteiger partial charge in [0.2, 0.25) is 5.95 Å². The highest BCUT2D eigenvalue weighted by molar-refractivity contribution is 5.41. The third-order valence-electron chi connectivity index (χ3n) is 2.40. The monoisotopic (exact) mass is 228 g/mol. The van der Waals surface area contributed by atoms with Gasteiger partial charge in [0.25, 0.3) is 0 Å². The average Bonchev–Trinajstić information content (AvgIpc) is 2.37. The molecule has 88 valence electrons. The molecule has 0 unspecified atom stereocenters. The van der Waals surface area contributed by atoms with Crippen LogP contribution < -0.4 is 10.6 Å². The van der Waals surface area contributed by atoms with Crippen LogP contribution in [0, 0.1) is 6.92 Å². The lowest BCUT2D eigenvalue weighted by Crippen LogP contribution is -2.06. The predicted molar refractivity (Wildman–Crippen MR) is 70.1 cm³/mol. The summed E-state index contributed by atoms with van der Waals surface area (Å²) in [6.07, 6.45) is 0. The molecule has 4 nitrogen and oxygen atoms in total. The largest absolute Gasteiger partial charge is 0.373 e. The van der Waals surface area contributed by atoms with Crippen molar-refractivity contribution < 1.29 is 0 Å². The zero-order valence-corrected chi connectivity index (χ0v) is 10.1. The normalized spacial score (nSPS) is 10.0. The van der Waals surface area contributed by atoms with Gasteiger partial charge in [-0.25, -0.2) is 4.98 Å². The van der Waals surface area contributed by atoms with Crippen molar-refractivity contribution in [3.8, 4) is 0 Å². The van der Waals surface area contributed by atoms with Crippen molar-refractivity contribution in [1.29, 1.82) is 0 Å². The lowest BCUT2D eigenvalue weighted by molar-refractivity contribution is 1.03. The highest BCUT2D eigenvalue weighted by atomic mass is 15.1. The molecule has 1 heterocycles. The van der Waals surface area contributed by atoms with Gasteiger partial charge in [0.05, 0.1) is 0 Å². The van der Waals surface area contributed by atoms with Gasteiger partial charge in [-0.1, -0.05) is 30.3 Å². The van der Waals surface area contributed by atoms with Gasteiger partial charge in [-0.05, 0) is 12.5 Å². The molecule has 0 saturated carbocycles. The Labute approximate surface area is 101 Å². The van der Waals surface area contributed by atoms with Gasteiger partial charge in [-0.3, -0.25) is 0 Å². The molecule has 0 fully saturated rings. The number of benzene rings is 1. The topological polar surface area (TPSA) is 49.8 Å². The molecule has 17 heavy (non-hydrogen) atoms. The molecule has 0 saturated heterocycles. The van der Waals surface area contributed by atoms with Crippen LogP contribution in [0.1, 0.15) is 11.3 Å². The summed E-state index contributed by atoms with van der Waals surface area (Å²) in [5.41, 5.74) is 2.16. The smallest absolute Gasteiger partial charge is 0.225 e. The van der Waals surface area contributed by atoms with Crippen LogP contribution in [0.2, 0.25) is 0 Å². The Kier molecular flexibility index (Phi) is 3.55. The van der Waals surface area contributed by atoms with Crippen molar-refractivity contribution in [3.05, 3.63) is 47.7 Å². The van der Waals surface area contributed by atoms with E-state index in [4.69, 9.17) is 0 Å². The number of nitrogens with one attached hydrogen (secondary N) is 2. The second-order valence-electron chi connectivity index (χ2n) is 3.81. The third-order valence-corrected chi connectivity index (χ3v) is 2.40. The molecule has 1 aromatic carbocycles. The molecular formula is C13H16N4. The molecule has 0 atom stereocenters. The number of anilines is 2. The van der Waals surface area contributed by atoms with Gasteiger partial charge in [0.1, 0.15) is 5.82 Å². The summed E-state index contributed by atoms with van der Waals surface area (Å²) in [4.78, 5) is 8.67. The first-order valence-electron chi connectivity index (χ1n) is 5.59. The first kappa shape index (κ1) is 11.4. The van der Waals surface area contributed by atoms with Crippen molar-refractivity contribution >= 4 is 11.8 Å². The van der Waals surface area contributed by atoms with E-state index in [2.05, 4.69) is 32.7 Å². The lowest BCUT2D eigenvalue weighted by Gasteiger charge is -2.07. The van der Waals surface area contributed by atoms with Gasteiger partial charge in [-0.2, -0.15) is 4.98 Å². The first-order valence-corrected chi connectivity index (χ1v) is 5.59. The van der Waals surface area contributed by atoms with Crippen LogP contribution in [0.5, 0.6) is 0 Å². The number of aryl methyl sites for hydroxylation is 1. The lowest BCUT2D eigenvalue weighted by atomic mass is 10.2. The van der Waals surface area contributed by atoms with Crippen LogP contribution in [0.25, 0.3) is 0 Å². The van der Waals surface area contributed by atoms with E-state index in [1.807, 2.05) is 38.2 Å². The summed E-state index contributed by atoms with van der Waals surface area (Å²) in [5.74, 6) is 1.48. The zero-order chi connectivity index (χ0) is 12.1. The molecule has 2 aromatic rings. The van der Waals surface area contributed by atoms with Crippen molar-refractivity contribution in [2.24, 2.45) is 0 Å². The van der Waals surface area contributed by atoms with Crippen molar-refractivity contribution in [3.63, 3.8) is 0 Å². The summed E-state index contributed by atoms with van der Waals surface area (Å²) >= 11 is 0. The second-order valence-corrected chi connectivity index (χ2v) is 3.81. The Balaban J connectivity index is 2.06. The minimum Gasteiger partial charge on any atom is -0.373 e. The standard InChI is InChI=1S/C13H16N4/c1-10-8-12(14-2)17-13(16-10)15-9-11-6-4-3-5-7-11/h3-8H,9H2,1-2H3,(H2,14,15,16,17). The maximum absolute atomic E-state index is 4.33. The molecule has 0 aliphatic rings. The molecule has 0 aliphatic carbocycles. The Hall–Kier alpha value is -2.10. The number of hydrogen-bond donors (Lipinski definition) is 2. The van der Waals surface area contributed by atoms with Crippen LogP contribution in [0.3, 0.4) is 0 Å². The van der Waals surface area contributed by atoms with E-state index in [9.17, 15) is 0 Å². The molecule has 0 aliphatic heterocycles. The minimum atomic E-state index is 0.651. The van der Waals surface area contributed by atoms with Crippen LogP contribution in [-0.2, 0) is 6.54 Å². The van der Waals surface area contributed by atoms with E-state index in [1.165, 1.54) is 5.56 Å². The quantitative estimate of drug-likeness (QED) is 0.844. The molecular weight excluding hydrogens is 212 g/mol. The Bertz CT molecular complexity index is 482. The van der Waals surface area contributed by atoms with E-state index in [0.717, 1.165) is 18.1 Å². The minimum absolute atomic E-state index is 0.651. The highest BCUT2D eigenvalue weighted by Crippen LogP contribution is 2.09. The molecule has 2 rings (SSSR count). The summed E-state index contributed by atoms with van der Waals surface area (Å²) in [6, 6.07) is 12.1. The number of aromatic nitrogens is 2. The number of hydrogen-bond acceptors (Lipinski definition) is 4. The predicted octanol–water partition coefficient (Wildman–Crippen LogP) is 2.44. The maximum atomic E-state index is 4.33. The van der Waals surface area contributed by atoms with Crippen LogP contribution in [0.4, 0.5) is 11.8 Å². The molecule has 0 spiro atoms. The summed E-state index contributed by atoms with van der Waals surface area (Å²) in [7, 11) is 1.85. The fourth-order valence-electron chi connectivity index (χ4n) is 1.55. The molecule has 0 radical (unpaired) electrons. The fraction of sp³-hybridized carbons (Fsp3) is 0.231. The second kappa shape index (κ2) is 5.30. The molecule has 4 heteroatoms. The fourth-order valence-corrected chi connectivity index (χ4v) is 1.55. The van der Waals surface area contributed by atoms with E-state index in [0.29, 0.717) is 5.95 Å². The van der Waals surface area contributed by atoms with Gasteiger partial charge in [-0.15, -0.1) is 0 Å². The van der Waals surface area contributed by atoms with Crippen molar-refractivity contribution in [2.45, 2.75) is 13.5 Å². The number of rotatable bonds is 4. The number of nitrogens with zero attached hydrogens (tertiary/aromatic N) is 2. The van der Waals surface area contributed by atoms with Crippen molar-refractivity contribution in [2.75, 3.05) is 17.7 Å². The molecule has 0 amide bonds. The van der Waals surface area contributed by atoms with Crippen LogP contribution >= 0.6 is 0 Å². The molecule has 0 bridgehead atoms. The van der Waals surface area contributed by atoms with E-state index in [1.54, 1.807) is 0 Å². The summed E-state index contributed by atoms with van der Waals surface area (Å²) in [5, 5.41) is 6.23. The van der Waals surface area contributed by atoms with Gasteiger partial charge < -0.3 is 10.6 Å². The summed E-state index contributed by atoms with van der Waals surface area (Å²) < 4.78 is 0. The Morgan fingerprint density at radius 3 is 2.59 bits per heavy atom. The van der Waals surface area contributed by atoms with E-state index < -0.39 is 0 Å². The average molecular weight is 228 g/mol. The highest BCUT2D eigenvalue weighted by Gasteiger charge is 2.00. The third kappa shape index (κ3) is 3.17. The molecule has 1 aromatic heterocycles. The van der Waals surface area contributed by atoms with Crippen molar-refractivity contribution in [1.82, 2.24) is 9.97 Å². The van der Waals surface area contributed by atoms with Crippen LogP contribution in [0.15, 0.2) is 36.4 Å². The maximum Gasteiger partial charge on any atom is 0.225 e. The van der Waals surface area contributed by atoms with Crippen LogP contribution in [-0.4, -0.2) is 17.0 Å². The van der Waals surface area contributed by atoms with Gasteiger partial charge >= 0.3 is 0 Å². The Morgan fingerprint density at radius 2 is 1.88 bits per heavy atom. The Morgan fingerprint density at radius 1 is 1.12 bits per heavy atom. The van der Waals surface area contributed by atoms with E-state index >= 15 is 0 Å².